The van der Waals surface area contributed by atoms with Gasteiger partial charge < -0.3 is 14.2 Å². The van der Waals surface area contributed by atoms with Gasteiger partial charge in [0.15, 0.2) is 0 Å². The Bertz CT molecular complexity index is 1040. The first-order valence-corrected chi connectivity index (χ1v) is 10.6. The summed E-state index contributed by atoms with van der Waals surface area (Å²) < 4.78 is 7.24. The summed E-state index contributed by atoms with van der Waals surface area (Å²) in [6.45, 7) is 5.78. The molecule has 8 heteroatoms. The van der Waals surface area contributed by atoms with Gasteiger partial charge in [0.25, 0.3) is 11.1 Å². The van der Waals surface area contributed by atoms with Crippen molar-refractivity contribution in [3.8, 4) is 5.69 Å². The number of aromatic nitrogens is 1. The number of nitrogens with zero attached hydrogens (tertiary/aromatic N) is 3. The minimum atomic E-state index is -0.430. The zero-order chi connectivity index (χ0) is 21.3. The standard InChI is InChI=1S/C22H23N3O4S/c1-15-5-3-7-18(16(15)2)24-8-4-6-17(24)13-19-21(27)25(22(28)30-19)14-20(26)23-9-11-29-12-10-23/h3-8,13H,9-12,14H2,1-2H3/b19-13+. The number of rotatable bonds is 4. The van der Waals surface area contributed by atoms with Crippen molar-refractivity contribution < 1.29 is 19.1 Å². The van der Waals surface area contributed by atoms with E-state index in [4.69, 9.17) is 4.74 Å². The van der Waals surface area contributed by atoms with E-state index in [9.17, 15) is 14.4 Å². The van der Waals surface area contributed by atoms with Crippen LogP contribution in [0.4, 0.5) is 4.79 Å². The molecule has 0 bridgehead atoms. The van der Waals surface area contributed by atoms with E-state index in [1.807, 2.05) is 35.0 Å². The van der Waals surface area contributed by atoms with Gasteiger partial charge in [-0.2, -0.15) is 0 Å². The van der Waals surface area contributed by atoms with Crippen molar-refractivity contribution in [2.24, 2.45) is 0 Å². The van der Waals surface area contributed by atoms with Crippen molar-refractivity contribution in [1.29, 1.82) is 0 Å². The largest absolute Gasteiger partial charge is 0.378 e. The van der Waals surface area contributed by atoms with Crippen LogP contribution in [-0.4, -0.2) is 64.3 Å². The van der Waals surface area contributed by atoms with Crippen LogP contribution in [0, 0.1) is 13.8 Å². The summed E-state index contributed by atoms with van der Waals surface area (Å²) in [4.78, 5) is 40.7. The van der Waals surface area contributed by atoms with Gasteiger partial charge in [0.1, 0.15) is 6.54 Å². The lowest BCUT2D eigenvalue weighted by atomic mass is 10.1. The van der Waals surface area contributed by atoms with Gasteiger partial charge in [-0.25, -0.2) is 0 Å². The molecule has 4 rings (SSSR count). The van der Waals surface area contributed by atoms with Gasteiger partial charge in [-0.1, -0.05) is 12.1 Å². The molecule has 3 amide bonds. The van der Waals surface area contributed by atoms with Crippen LogP contribution in [0.5, 0.6) is 0 Å². The lowest BCUT2D eigenvalue weighted by molar-refractivity contribution is -0.139. The maximum Gasteiger partial charge on any atom is 0.294 e. The number of hydrogen-bond donors (Lipinski definition) is 0. The second-order valence-electron chi connectivity index (χ2n) is 7.28. The van der Waals surface area contributed by atoms with E-state index in [-0.39, 0.29) is 12.5 Å². The number of benzene rings is 1. The van der Waals surface area contributed by atoms with E-state index in [0.29, 0.717) is 31.2 Å². The molecule has 0 N–H and O–H groups in total. The van der Waals surface area contributed by atoms with Crippen molar-refractivity contribution in [3.63, 3.8) is 0 Å². The molecule has 1 aromatic heterocycles. The van der Waals surface area contributed by atoms with Crippen molar-refractivity contribution in [2.75, 3.05) is 32.8 Å². The van der Waals surface area contributed by atoms with Crippen LogP contribution in [0.3, 0.4) is 0 Å². The van der Waals surface area contributed by atoms with Gasteiger partial charge in [0.2, 0.25) is 5.91 Å². The molecule has 2 saturated heterocycles. The quantitative estimate of drug-likeness (QED) is 0.705. The molecule has 30 heavy (non-hydrogen) atoms. The molecule has 156 valence electrons. The monoisotopic (exact) mass is 425 g/mol. The topological polar surface area (TPSA) is 71.8 Å². The Balaban J connectivity index is 1.55. The molecule has 0 radical (unpaired) electrons. The average molecular weight is 426 g/mol. The Kier molecular flexibility index (Phi) is 5.78. The average Bonchev–Trinajstić information content (AvgIpc) is 3.30. The van der Waals surface area contributed by atoms with Crippen molar-refractivity contribution in [2.45, 2.75) is 13.8 Å². The third-order valence-electron chi connectivity index (χ3n) is 5.43. The smallest absolute Gasteiger partial charge is 0.294 e. The first-order chi connectivity index (χ1) is 14.5. The SMILES string of the molecule is Cc1cccc(-n2cccc2/C=C2/SC(=O)N(CC(=O)N3CCOCC3)C2=O)c1C. The van der Waals surface area contributed by atoms with E-state index in [0.717, 1.165) is 33.6 Å². The summed E-state index contributed by atoms with van der Waals surface area (Å²) in [5, 5.41) is -0.419. The van der Waals surface area contributed by atoms with Gasteiger partial charge >= 0.3 is 0 Å². The Morgan fingerprint density at radius 2 is 1.90 bits per heavy atom. The fourth-order valence-electron chi connectivity index (χ4n) is 3.55. The minimum Gasteiger partial charge on any atom is -0.378 e. The maximum atomic E-state index is 12.8. The summed E-state index contributed by atoms with van der Waals surface area (Å²) in [5.41, 5.74) is 4.14. The Morgan fingerprint density at radius 1 is 1.13 bits per heavy atom. The minimum absolute atomic E-state index is 0.236. The predicted molar refractivity (Wildman–Crippen MR) is 115 cm³/mol. The summed E-state index contributed by atoms with van der Waals surface area (Å²) in [6, 6.07) is 9.87. The number of imide groups is 1. The van der Waals surface area contributed by atoms with Gasteiger partial charge in [-0.05, 0) is 61.0 Å². The van der Waals surface area contributed by atoms with Gasteiger partial charge in [-0.3, -0.25) is 19.3 Å². The van der Waals surface area contributed by atoms with E-state index < -0.39 is 11.1 Å². The van der Waals surface area contributed by atoms with Gasteiger partial charge in [0.05, 0.1) is 18.1 Å². The lowest BCUT2D eigenvalue weighted by Gasteiger charge is -2.28. The highest BCUT2D eigenvalue weighted by Gasteiger charge is 2.37. The van der Waals surface area contributed by atoms with Crippen LogP contribution in [0.1, 0.15) is 16.8 Å². The second kappa shape index (κ2) is 8.49. The lowest BCUT2D eigenvalue weighted by Crippen LogP contribution is -2.46. The molecule has 0 spiro atoms. The van der Waals surface area contributed by atoms with Gasteiger partial charge in [-0.15, -0.1) is 0 Å². The van der Waals surface area contributed by atoms with E-state index in [2.05, 4.69) is 19.9 Å². The number of hydrogen-bond acceptors (Lipinski definition) is 5. The summed E-state index contributed by atoms with van der Waals surface area (Å²) >= 11 is 0.870. The van der Waals surface area contributed by atoms with E-state index in [1.165, 1.54) is 5.56 Å². The van der Waals surface area contributed by atoms with Crippen LogP contribution >= 0.6 is 11.8 Å². The Hall–Kier alpha value is -2.84. The Morgan fingerprint density at radius 3 is 2.67 bits per heavy atom. The molecule has 2 aliphatic heterocycles. The van der Waals surface area contributed by atoms with Crippen LogP contribution in [-0.2, 0) is 14.3 Å². The molecule has 3 heterocycles. The summed E-state index contributed by atoms with van der Waals surface area (Å²) in [6.07, 6.45) is 3.64. The fraction of sp³-hybridized carbons (Fsp3) is 0.318. The van der Waals surface area contributed by atoms with Crippen LogP contribution in [0.2, 0.25) is 0 Å². The van der Waals surface area contributed by atoms with Crippen molar-refractivity contribution in [3.05, 3.63) is 58.3 Å². The molecular formula is C22H23N3O4S. The predicted octanol–water partition coefficient (Wildman–Crippen LogP) is 2.99. The third-order valence-corrected chi connectivity index (χ3v) is 6.33. The number of morpholine rings is 1. The fourth-order valence-corrected chi connectivity index (χ4v) is 4.37. The van der Waals surface area contributed by atoms with Crippen molar-refractivity contribution in [1.82, 2.24) is 14.4 Å². The number of carbonyl (C=O) groups is 3. The second-order valence-corrected chi connectivity index (χ2v) is 8.28. The van der Waals surface area contributed by atoms with E-state index in [1.54, 1.807) is 11.0 Å². The number of thioether (sulfide) groups is 1. The van der Waals surface area contributed by atoms with Crippen molar-refractivity contribution >= 4 is 34.9 Å². The molecule has 7 nitrogen and oxygen atoms in total. The summed E-state index contributed by atoms with van der Waals surface area (Å²) in [5.74, 6) is -0.666. The molecule has 0 aliphatic carbocycles. The highest BCUT2D eigenvalue weighted by Crippen LogP contribution is 2.33. The third kappa shape index (κ3) is 3.93. The summed E-state index contributed by atoms with van der Waals surface area (Å²) in [7, 11) is 0. The molecular weight excluding hydrogens is 402 g/mol. The van der Waals surface area contributed by atoms with Crippen LogP contribution < -0.4 is 0 Å². The maximum absolute atomic E-state index is 12.8. The molecule has 0 unspecified atom stereocenters. The molecule has 1 aromatic carbocycles. The first-order valence-electron chi connectivity index (χ1n) is 9.80. The zero-order valence-corrected chi connectivity index (χ0v) is 17.8. The Labute approximate surface area is 179 Å². The number of aryl methyl sites for hydroxylation is 1. The number of ether oxygens (including phenoxy) is 1. The molecule has 2 fully saturated rings. The highest BCUT2D eigenvalue weighted by molar-refractivity contribution is 8.18. The highest BCUT2D eigenvalue weighted by atomic mass is 32.2. The zero-order valence-electron chi connectivity index (χ0n) is 17.0. The number of amides is 3. The first kappa shape index (κ1) is 20.4. The normalized spacial score (nSPS) is 18.5. The molecule has 0 atom stereocenters. The van der Waals surface area contributed by atoms with Crippen LogP contribution in [0.15, 0.2) is 41.4 Å². The number of carbonyl (C=O) groups excluding carboxylic acids is 3. The van der Waals surface area contributed by atoms with E-state index >= 15 is 0 Å². The molecule has 0 saturated carbocycles. The molecule has 2 aliphatic rings. The van der Waals surface area contributed by atoms with Crippen LogP contribution in [0.25, 0.3) is 11.8 Å². The molecule has 2 aromatic rings. The van der Waals surface area contributed by atoms with Gasteiger partial charge in [0, 0.05) is 30.7 Å².